The fourth-order valence-electron chi connectivity index (χ4n) is 2.52. The summed E-state index contributed by atoms with van der Waals surface area (Å²) in [6.45, 7) is 0. The van der Waals surface area contributed by atoms with Gasteiger partial charge in [0.2, 0.25) is 0 Å². The van der Waals surface area contributed by atoms with Gasteiger partial charge in [0.15, 0.2) is 5.69 Å². The van der Waals surface area contributed by atoms with Crippen LogP contribution in [0, 0.1) is 0 Å². The Morgan fingerprint density at radius 2 is 2.17 bits per heavy atom. The quantitative estimate of drug-likeness (QED) is 0.909. The van der Waals surface area contributed by atoms with Crippen LogP contribution in [0.15, 0.2) is 6.07 Å². The lowest BCUT2D eigenvalue weighted by Crippen LogP contribution is -2.38. The van der Waals surface area contributed by atoms with Gasteiger partial charge in [0, 0.05) is 18.2 Å². The lowest BCUT2D eigenvalue weighted by atomic mass is 9.64. The molecule has 0 bridgehead atoms. The Hall–Kier alpha value is -1.53. The van der Waals surface area contributed by atoms with E-state index < -0.39 is 23.3 Å². The molecule has 0 unspecified atom stereocenters. The number of aliphatic carboxylic acids is 1. The average Bonchev–Trinajstić information content (AvgIpc) is 2.53. The van der Waals surface area contributed by atoms with Crippen molar-refractivity contribution < 1.29 is 23.1 Å². The highest BCUT2D eigenvalue weighted by molar-refractivity contribution is 5.69. The molecule has 1 aliphatic carbocycles. The van der Waals surface area contributed by atoms with Crippen molar-refractivity contribution in [2.45, 2.75) is 37.3 Å². The molecule has 0 aliphatic heterocycles. The standard InChI is InChI=1S/C11H13F3N2O2/c1-16-8(5-7(15-16)11(12,13)14)10(3-2-4-10)6-9(17)18/h5H,2-4,6H2,1H3,(H,17,18). The fourth-order valence-corrected chi connectivity index (χ4v) is 2.52. The van der Waals surface area contributed by atoms with Gasteiger partial charge in [-0.1, -0.05) is 6.42 Å². The minimum absolute atomic E-state index is 0.149. The molecule has 1 saturated carbocycles. The van der Waals surface area contributed by atoms with Gasteiger partial charge in [-0.2, -0.15) is 18.3 Å². The summed E-state index contributed by atoms with van der Waals surface area (Å²) in [5.74, 6) is -0.996. The first-order chi connectivity index (χ1) is 8.24. The molecular formula is C11H13F3N2O2. The summed E-state index contributed by atoms with van der Waals surface area (Å²) < 4.78 is 38.8. The maximum atomic E-state index is 12.6. The molecular weight excluding hydrogens is 249 g/mol. The first-order valence-electron chi connectivity index (χ1n) is 5.58. The molecule has 1 fully saturated rings. The molecule has 18 heavy (non-hydrogen) atoms. The molecule has 0 aromatic carbocycles. The van der Waals surface area contributed by atoms with E-state index in [4.69, 9.17) is 5.11 Å². The highest BCUT2D eigenvalue weighted by Crippen LogP contribution is 2.47. The van der Waals surface area contributed by atoms with Crippen molar-refractivity contribution >= 4 is 5.97 Å². The summed E-state index contributed by atoms with van der Waals surface area (Å²) in [6, 6.07) is 0.974. The molecule has 1 aromatic heterocycles. The molecule has 100 valence electrons. The Labute approximate surface area is 101 Å². The van der Waals surface area contributed by atoms with Gasteiger partial charge in [-0.3, -0.25) is 9.48 Å². The molecule has 1 aromatic rings. The molecule has 1 N–H and O–H groups in total. The van der Waals surface area contributed by atoms with E-state index in [1.54, 1.807) is 0 Å². The smallest absolute Gasteiger partial charge is 0.435 e. The number of carboxylic acids is 1. The van der Waals surface area contributed by atoms with Crippen molar-refractivity contribution in [3.05, 3.63) is 17.5 Å². The molecule has 2 rings (SSSR count). The SMILES string of the molecule is Cn1nc(C(F)(F)F)cc1C1(CC(=O)O)CCC1. The van der Waals surface area contributed by atoms with Gasteiger partial charge in [-0.05, 0) is 18.9 Å². The number of aromatic nitrogens is 2. The average molecular weight is 262 g/mol. The van der Waals surface area contributed by atoms with Crippen molar-refractivity contribution in [3.8, 4) is 0 Å². The molecule has 0 spiro atoms. The largest absolute Gasteiger partial charge is 0.481 e. The number of alkyl halides is 3. The Kier molecular flexibility index (Phi) is 2.87. The number of aryl methyl sites for hydroxylation is 1. The highest BCUT2D eigenvalue weighted by atomic mass is 19.4. The van der Waals surface area contributed by atoms with E-state index in [2.05, 4.69) is 5.10 Å². The van der Waals surface area contributed by atoms with Crippen molar-refractivity contribution in [3.63, 3.8) is 0 Å². The van der Waals surface area contributed by atoms with Crippen LogP contribution < -0.4 is 0 Å². The highest BCUT2D eigenvalue weighted by Gasteiger charge is 2.45. The maximum absolute atomic E-state index is 12.6. The lowest BCUT2D eigenvalue weighted by molar-refractivity contribution is -0.141. The van der Waals surface area contributed by atoms with Crippen LogP contribution in [0.4, 0.5) is 13.2 Å². The summed E-state index contributed by atoms with van der Waals surface area (Å²) in [6.07, 6.45) is -2.62. The van der Waals surface area contributed by atoms with E-state index >= 15 is 0 Å². The van der Waals surface area contributed by atoms with E-state index in [0.29, 0.717) is 18.5 Å². The predicted octanol–water partition coefficient (Wildman–Crippen LogP) is 2.34. The van der Waals surface area contributed by atoms with E-state index in [1.165, 1.54) is 7.05 Å². The van der Waals surface area contributed by atoms with Crippen LogP contribution in [0.5, 0.6) is 0 Å². The van der Waals surface area contributed by atoms with Gasteiger partial charge < -0.3 is 5.11 Å². The van der Waals surface area contributed by atoms with Crippen LogP contribution in [0.3, 0.4) is 0 Å². The normalized spacial score (nSPS) is 18.4. The van der Waals surface area contributed by atoms with Crippen molar-refractivity contribution in [1.29, 1.82) is 0 Å². The number of halogens is 3. The van der Waals surface area contributed by atoms with Gasteiger partial charge in [0.1, 0.15) is 0 Å². The van der Waals surface area contributed by atoms with Gasteiger partial charge in [0.05, 0.1) is 6.42 Å². The first-order valence-corrected chi connectivity index (χ1v) is 5.58. The van der Waals surface area contributed by atoms with Crippen molar-refractivity contribution in [2.75, 3.05) is 0 Å². The third kappa shape index (κ3) is 2.09. The third-order valence-corrected chi connectivity index (χ3v) is 3.51. The summed E-state index contributed by atoms with van der Waals surface area (Å²) >= 11 is 0. The summed E-state index contributed by atoms with van der Waals surface area (Å²) in [4.78, 5) is 10.8. The fraction of sp³-hybridized carbons (Fsp3) is 0.636. The second-order valence-electron chi connectivity index (χ2n) is 4.74. The summed E-state index contributed by atoms with van der Waals surface area (Å²) in [7, 11) is 1.42. The topological polar surface area (TPSA) is 55.1 Å². The minimum Gasteiger partial charge on any atom is -0.481 e. The Balaban J connectivity index is 2.38. The Morgan fingerprint density at radius 1 is 1.56 bits per heavy atom. The minimum atomic E-state index is -4.50. The number of hydrogen-bond donors (Lipinski definition) is 1. The zero-order valence-electron chi connectivity index (χ0n) is 9.79. The lowest BCUT2D eigenvalue weighted by Gasteiger charge is -2.40. The van der Waals surface area contributed by atoms with Gasteiger partial charge in [-0.25, -0.2) is 0 Å². The number of rotatable bonds is 3. The summed E-state index contributed by atoms with van der Waals surface area (Å²) in [5, 5.41) is 12.3. The monoisotopic (exact) mass is 262 g/mol. The second kappa shape index (κ2) is 4.00. The molecule has 0 atom stereocenters. The van der Waals surface area contributed by atoms with E-state index in [9.17, 15) is 18.0 Å². The molecule has 1 heterocycles. The predicted molar refractivity (Wildman–Crippen MR) is 56.0 cm³/mol. The van der Waals surface area contributed by atoms with Crippen LogP contribution in [0.2, 0.25) is 0 Å². The molecule has 4 nitrogen and oxygen atoms in total. The van der Waals surface area contributed by atoms with Crippen LogP contribution in [-0.2, 0) is 23.4 Å². The number of carboxylic acid groups (broad SMARTS) is 1. The molecule has 1 aliphatic rings. The van der Waals surface area contributed by atoms with E-state index in [1.807, 2.05) is 0 Å². The van der Waals surface area contributed by atoms with E-state index in [-0.39, 0.29) is 6.42 Å². The Morgan fingerprint density at radius 3 is 2.50 bits per heavy atom. The number of nitrogens with zero attached hydrogens (tertiary/aromatic N) is 2. The number of hydrogen-bond acceptors (Lipinski definition) is 2. The van der Waals surface area contributed by atoms with Crippen LogP contribution in [-0.4, -0.2) is 20.9 Å². The van der Waals surface area contributed by atoms with Gasteiger partial charge in [-0.15, -0.1) is 0 Å². The third-order valence-electron chi connectivity index (χ3n) is 3.51. The molecule has 0 saturated heterocycles. The van der Waals surface area contributed by atoms with Crippen LogP contribution >= 0.6 is 0 Å². The van der Waals surface area contributed by atoms with E-state index in [0.717, 1.165) is 17.2 Å². The number of carbonyl (C=O) groups is 1. The van der Waals surface area contributed by atoms with Gasteiger partial charge >= 0.3 is 12.1 Å². The zero-order valence-corrected chi connectivity index (χ0v) is 9.79. The molecule has 0 amide bonds. The van der Waals surface area contributed by atoms with Crippen LogP contribution in [0.25, 0.3) is 0 Å². The van der Waals surface area contributed by atoms with Gasteiger partial charge in [0.25, 0.3) is 0 Å². The first kappa shape index (κ1) is 12.9. The van der Waals surface area contributed by atoms with Crippen molar-refractivity contribution in [1.82, 2.24) is 9.78 Å². The second-order valence-corrected chi connectivity index (χ2v) is 4.74. The molecule has 7 heteroatoms. The molecule has 0 radical (unpaired) electrons. The Bertz CT molecular complexity index is 475. The maximum Gasteiger partial charge on any atom is 0.435 e. The van der Waals surface area contributed by atoms with Crippen LogP contribution in [0.1, 0.15) is 37.1 Å². The summed E-state index contributed by atoms with van der Waals surface area (Å²) in [5.41, 5.74) is -1.28. The zero-order chi connectivity index (χ0) is 13.6. The van der Waals surface area contributed by atoms with Crippen molar-refractivity contribution in [2.24, 2.45) is 7.05 Å².